The van der Waals surface area contributed by atoms with Crippen molar-refractivity contribution in [3.8, 4) is 5.75 Å². The lowest BCUT2D eigenvalue weighted by molar-refractivity contribution is 0.101. The van der Waals surface area contributed by atoms with E-state index in [-0.39, 0.29) is 5.78 Å². The number of ketones is 1. The molecule has 1 atom stereocenters. The highest BCUT2D eigenvalue weighted by atomic mass is 32.2. The van der Waals surface area contributed by atoms with Gasteiger partial charge in [-0.05, 0) is 19.1 Å². The van der Waals surface area contributed by atoms with E-state index in [0.29, 0.717) is 36.0 Å². The summed E-state index contributed by atoms with van der Waals surface area (Å²) in [5.74, 6) is 1.46. The van der Waals surface area contributed by atoms with Gasteiger partial charge in [0.25, 0.3) is 0 Å². The van der Waals surface area contributed by atoms with Crippen LogP contribution in [0.5, 0.6) is 5.75 Å². The molecule has 18 heavy (non-hydrogen) atoms. The van der Waals surface area contributed by atoms with Gasteiger partial charge in [0.1, 0.15) is 5.75 Å². The fourth-order valence-corrected chi connectivity index (χ4v) is 2.23. The van der Waals surface area contributed by atoms with Crippen LogP contribution >= 0.6 is 0 Å². The number of hydrogen-bond acceptors (Lipinski definition) is 4. The van der Waals surface area contributed by atoms with Gasteiger partial charge in [-0.15, -0.1) is 0 Å². The quantitative estimate of drug-likeness (QED) is 0.674. The minimum Gasteiger partial charge on any atom is -0.492 e. The molecule has 1 rings (SSSR count). The maximum absolute atomic E-state index is 11.5. The number of Topliss-reactive ketones (excluding diaryl/α,β-unsaturated/α-hetero) is 1. The summed E-state index contributed by atoms with van der Waals surface area (Å²) in [4.78, 5) is 11.3. The van der Waals surface area contributed by atoms with Crippen LogP contribution < -0.4 is 4.74 Å². The third kappa shape index (κ3) is 4.98. The maximum atomic E-state index is 11.5. The summed E-state index contributed by atoms with van der Waals surface area (Å²) in [5, 5.41) is 0. The monoisotopic (exact) mass is 270 g/mol. The molecule has 0 saturated carbocycles. The Morgan fingerprint density at radius 2 is 1.89 bits per heavy atom. The Morgan fingerprint density at radius 3 is 2.56 bits per heavy atom. The molecule has 0 bridgehead atoms. The Morgan fingerprint density at radius 1 is 1.22 bits per heavy atom. The number of ether oxygens (including phenoxy) is 2. The minimum atomic E-state index is -0.946. The van der Waals surface area contributed by atoms with E-state index in [1.165, 1.54) is 6.92 Å². The Kier molecular flexibility index (Phi) is 6.60. The van der Waals surface area contributed by atoms with E-state index in [0.717, 1.165) is 0 Å². The number of para-hydroxylation sites is 1. The van der Waals surface area contributed by atoms with E-state index in [4.69, 9.17) is 9.47 Å². The first-order chi connectivity index (χ1) is 8.65. The van der Waals surface area contributed by atoms with Gasteiger partial charge in [-0.3, -0.25) is 9.00 Å². The zero-order chi connectivity index (χ0) is 13.4. The van der Waals surface area contributed by atoms with Crippen LogP contribution in [-0.2, 0) is 15.5 Å². The summed E-state index contributed by atoms with van der Waals surface area (Å²) < 4.78 is 21.8. The number of carbonyl (C=O) groups excluding carboxylic acids is 1. The predicted octanol–water partition coefficient (Wildman–Crippen LogP) is 1.66. The molecule has 0 radical (unpaired) electrons. The van der Waals surface area contributed by atoms with Crippen molar-refractivity contribution in [1.29, 1.82) is 0 Å². The van der Waals surface area contributed by atoms with Crippen molar-refractivity contribution >= 4 is 16.6 Å². The molecule has 1 unspecified atom stereocenters. The van der Waals surface area contributed by atoms with Gasteiger partial charge in [0.05, 0.1) is 24.5 Å². The molecular formula is C13H18O4S. The third-order valence-electron chi connectivity index (χ3n) is 2.35. The van der Waals surface area contributed by atoms with Gasteiger partial charge in [-0.2, -0.15) is 0 Å². The van der Waals surface area contributed by atoms with Crippen molar-refractivity contribution in [3.63, 3.8) is 0 Å². The first kappa shape index (κ1) is 14.9. The van der Waals surface area contributed by atoms with E-state index in [2.05, 4.69) is 0 Å². The second-order valence-electron chi connectivity index (χ2n) is 3.74. The topological polar surface area (TPSA) is 52.6 Å². The van der Waals surface area contributed by atoms with Crippen LogP contribution in [0.1, 0.15) is 17.3 Å². The van der Waals surface area contributed by atoms with E-state index >= 15 is 0 Å². The second-order valence-corrected chi connectivity index (χ2v) is 5.44. The summed E-state index contributed by atoms with van der Waals surface area (Å²) in [6.45, 7) is 2.32. The van der Waals surface area contributed by atoms with E-state index in [1.807, 2.05) is 6.07 Å². The lowest BCUT2D eigenvalue weighted by Gasteiger charge is -2.09. The molecule has 0 aliphatic heterocycles. The lowest BCUT2D eigenvalue weighted by atomic mass is 10.1. The summed E-state index contributed by atoms with van der Waals surface area (Å²) in [7, 11) is 0.634. The van der Waals surface area contributed by atoms with Gasteiger partial charge in [0.2, 0.25) is 0 Å². The average molecular weight is 270 g/mol. The van der Waals surface area contributed by atoms with E-state index in [1.54, 1.807) is 25.3 Å². The predicted molar refractivity (Wildman–Crippen MR) is 71.7 cm³/mol. The highest BCUT2D eigenvalue weighted by Crippen LogP contribution is 2.18. The Balaban J connectivity index is 2.44. The molecule has 0 aromatic heterocycles. The molecular weight excluding hydrogens is 252 g/mol. The normalized spacial score (nSPS) is 12.1. The lowest BCUT2D eigenvalue weighted by Crippen LogP contribution is -2.14. The zero-order valence-electron chi connectivity index (χ0n) is 10.7. The van der Waals surface area contributed by atoms with Gasteiger partial charge in [0.15, 0.2) is 5.78 Å². The highest BCUT2D eigenvalue weighted by Gasteiger charge is 2.07. The van der Waals surface area contributed by atoms with Crippen LogP contribution in [0.3, 0.4) is 0 Å². The van der Waals surface area contributed by atoms with E-state index in [9.17, 15) is 9.00 Å². The first-order valence-electron chi connectivity index (χ1n) is 5.72. The number of methoxy groups -OCH3 is 1. The Labute approximate surface area is 110 Å². The van der Waals surface area contributed by atoms with Crippen LogP contribution in [0.25, 0.3) is 0 Å². The van der Waals surface area contributed by atoms with Gasteiger partial charge in [0, 0.05) is 23.7 Å². The van der Waals surface area contributed by atoms with Crippen LogP contribution in [0.2, 0.25) is 0 Å². The minimum absolute atomic E-state index is 0.0360. The van der Waals surface area contributed by atoms with Crippen molar-refractivity contribution in [1.82, 2.24) is 0 Å². The van der Waals surface area contributed by atoms with Gasteiger partial charge in [-0.25, -0.2) is 0 Å². The van der Waals surface area contributed by atoms with Gasteiger partial charge < -0.3 is 9.47 Å². The summed E-state index contributed by atoms with van der Waals surface area (Å²) in [6, 6.07) is 7.07. The summed E-state index contributed by atoms with van der Waals surface area (Å²) >= 11 is 0. The molecule has 0 saturated heterocycles. The van der Waals surface area contributed by atoms with Gasteiger partial charge in [-0.1, -0.05) is 12.1 Å². The van der Waals surface area contributed by atoms with Crippen molar-refractivity contribution in [3.05, 3.63) is 29.8 Å². The number of carbonyl (C=O) groups is 1. The van der Waals surface area contributed by atoms with Gasteiger partial charge >= 0.3 is 0 Å². The smallest absolute Gasteiger partial charge is 0.163 e. The van der Waals surface area contributed by atoms with Crippen molar-refractivity contribution < 1.29 is 18.5 Å². The molecule has 0 N–H and O–H groups in total. The first-order valence-corrected chi connectivity index (χ1v) is 7.20. The number of rotatable bonds is 8. The Bertz CT molecular complexity index is 417. The molecule has 100 valence electrons. The average Bonchev–Trinajstić information content (AvgIpc) is 2.36. The molecule has 1 aromatic rings. The molecule has 0 amide bonds. The standard InChI is InChI=1S/C13H18O4S/c1-11(14)12-5-3-4-6-13(12)17-8-10-18(15)9-7-16-2/h3-6H,7-10H2,1-2H3. The fourth-order valence-electron chi connectivity index (χ4n) is 1.41. The Hall–Kier alpha value is -1.20. The molecule has 0 spiro atoms. The van der Waals surface area contributed by atoms with E-state index < -0.39 is 10.8 Å². The maximum Gasteiger partial charge on any atom is 0.163 e. The fraction of sp³-hybridized carbons (Fsp3) is 0.462. The van der Waals surface area contributed by atoms with Crippen LogP contribution in [0.15, 0.2) is 24.3 Å². The summed E-state index contributed by atoms with van der Waals surface area (Å²) in [5.41, 5.74) is 0.556. The highest BCUT2D eigenvalue weighted by molar-refractivity contribution is 7.85. The molecule has 0 heterocycles. The van der Waals surface area contributed by atoms with Crippen molar-refractivity contribution in [2.45, 2.75) is 6.92 Å². The molecule has 0 aliphatic rings. The summed E-state index contributed by atoms with van der Waals surface area (Å²) in [6.07, 6.45) is 0. The van der Waals surface area contributed by atoms with Crippen molar-refractivity contribution in [2.75, 3.05) is 31.8 Å². The molecule has 0 fully saturated rings. The molecule has 5 heteroatoms. The van der Waals surface area contributed by atoms with Crippen molar-refractivity contribution in [2.24, 2.45) is 0 Å². The van der Waals surface area contributed by atoms with Crippen LogP contribution in [0, 0.1) is 0 Å². The SMILES string of the molecule is COCCS(=O)CCOc1ccccc1C(C)=O. The second kappa shape index (κ2) is 8.00. The molecule has 0 aliphatic carbocycles. The largest absolute Gasteiger partial charge is 0.492 e. The molecule has 1 aromatic carbocycles. The zero-order valence-corrected chi connectivity index (χ0v) is 11.5. The third-order valence-corrected chi connectivity index (χ3v) is 3.59. The number of benzene rings is 1. The van der Waals surface area contributed by atoms with Crippen LogP contribution in [-0.4, -0.2) is 41.8 Å². The van der Waals surface area contributed by atoms with Crippen LogP contribution in [0.4, 0.5) is 0 Å². The molecule has 4 nitrogen and oxygen atoms in total. The number of hydrogen-bond donors (Lipinski definition) is 0.